The zero-order valence-corrected chi connectivity index (χ0v) is 6.17. The minimum absolute atomic E-state index is 0.750. The van der Waals surface area contributed by atoms with Crippen LogP contribution in [-0.2, 0) is 4.79 Å². The van der Waals surface area contributed by atoms with Crippen molar-refractivity contribution in [3.8, 4) is 0 Å². The summed E-state index contributed by atoms with van der Waals surface area (Å²) in [6.45, 7) is 0. The van der Waals surface area contributed by atoms with Crippen molar-refractivity contribution >= 4 is 17.8 Å². The lowest BCUT2D eigenvalue weighted by molar-refractivity contribution is 0.563. The first kappa shape index (κ1) is 8.73. The second-order valence-electron chi connectivity index (χ2n) is 1.78. The van der Waals surface area contributed by atoms with Crippen LogP contribution in [0.2, 0.25) is 0 Å². The Morgan fingerprint density at radius 3 is 1.78 bits per heavy atom. The molecule has 1 rings (SSSR count). The third-order valence-corrected chi connectivity index (χ3v) is 2.23. The highest BCUT2D eigenvalue weighted by Gasteiger charge is 1.95. The fraction of sp³-hybridized carbons (Fsp3) is 0.833. The van der Waals surface area contributed by atoms with E-state index in [2.05, 4.69) is 11.8 Å². The van der Waals surface area contributed by atoms with Crippen LogP contribution in [0.3, 0.4) is 0 Å². The van der Waals surface area contributed by atoms with Crippen molar-refractivity contribution < 1.29 is 4.79 Å². The van der Waals surface area contributed by atoms with Crippen LogP contribution in [-0.4, -0.2) is 17.6 Å². The summed E-state index contributed by atoms with van der Waals surface area (Å²) >= 11 is 2.09. The van der Waals surface area contributed by atoms with Crippen LogP contribution < -0.4 is 0 Å². The summed E-state index contributed by atoms with van der Waals surface area (Å²) in [5.41, 5.74) is 0. The van der Waals surface area contributed by atoms with Gasteiger partial charge in [-0.25, -0.2) is 10.2 Å². The lowest BCUT2D eigenvalue weighted by atomic mass is 10.3. The van der Waals surface area contributed by atoms with E-state index in [0.717, 1.165) is 6.08 Å². The highest BCUT2D eigenvalue weighted by Crippen LogP contribution is 2.14. The van der Waals surface area contributed by atoms with Gasteiger partial charge in [0.2, 0.25) is 6.08 Å². The summed E-state index contributed by atoms with van der Waals surface area (Å²) in [4.78, 5) is 8.35. The lowest BCUT2D eigenvalue weighted by Gasteiger charge is -2.05. The molecule has 1 aliphatic rings. The van der Waals surface area contributed by atoms with E-state index >= 15 is 0 Å². The molecule has 1 N–H and O–H groups in total. The van der Waals surface area contributed by atoms with Gasteiger partial charge in [-0.2, -0.15) is 11.8 Å². The molecule has 9 heavy (non-hydrogen) atoms. The van der Waals surface area contributed by atoms with Crippen LogP contribution in [0.5, 0.6) is 0 Å². The molecule has 0 unspecified atom stereocenters. The fourth-order valence-electron chi connectivity index (χ4n) is 0.687. The van der Waals surface area contributed by atoms with E-state index in [4.69, 9.17) is 10.2 Å². The molecule has 1 aliphatic heterocycles. The van der Waals surface area contributed by atoms with Crippen LogP contribution in [0.1, 0.15) is 19.3 Å². The number of rotatable bonds is 0. The van der Waals surface area contributed by atoms with E-state index in [9.17, 15) is 0 Å². The molecule has 0 aromatic carbocycles. The predicted molar refractivity (Wildman–Crippen MR) is 39.6 cm³/mol. The molecule has 0 aromatic rings. The van der Waals surface area contributed by atoms with E-state index in [1.807, 2.05) is 0 Å². The summed E-state index contributed by atoms with van der Waals surface area (Å²) in [5.74, 6) is 2.83. The van der Waals surface area contributed by atoms with Gasteiger partial charge in [-0.3, -0.25) is 0 Å². The van der Waals surface area contributed by atoms with Crippen LogP contribution in [0.4, 0.5) is 0 Å². The Morgan fingerprint density at radius 1 is 1.22 bits per heavy atom. The molecule has 0 aromatic heterocycles. The molecule has 1 saturated heterocycles. The summed E-state index contributed by atoms with van der Waals surface area (Å²) in [6, 6.07) is 0. The van der Waals surface area contributed by atoms with E-state index in [1.54, 1.807) is 0 Å². The number of nitrogens with one attached hydrogen (secondary N) is 1. The molecular weight excluding hydrogens is 134 g/mol. The molecule has 1 heterocycles. The fourth-order valence-corrected chi connectivity index (χ4v) is 1.71. The van der Waals surface area contributed by atoms with E-state index in [-0.39, 0.29) is 0 Å². The molecule has 52 valence electrons. The summed E-state index contributed by atoms with van der Waals surface area (Å²) in [6.07, 6.45) is 5.16. The minimum Gasteiger partial charge on any atom is -0.222 e. The van der Waals surface area contributed by atoms with Gasteiger partial charge in [0.15, 0.2) is 0 Å². The van der Waals surface area contributed by atoms with Crippen molar-refractivity contribution in [2.24, 2.45) is 0 Å². The Hall–Kier alpha value is -0.270. The van der Waals surface area contributed by atoms with Crippen LogP contribution in [0, 0.1) is 5.41 Å². The molecule has 0 atom stereocenters. The average molecular weight is 145 g/mol. The number of isocyanates is 1. The topological polar surface area (TPSA) is 40.9 Å². The van der Waals surface area contributed by atoms with Crippen molar-refractivity contribution in [2.75, 3.05) is 11.5 Å². The molecule has 0 aliphatic carbocycles. The molecule has 3 heteroatoms. The van der Waals surface area contributed by atoms with Crippen LogP contribution in [0.25, 0.3) is 0 Å². The Bertz CT molecular complexity index is 73.5. The van der Waals surface area contributed by atoms with Gasteiger partial charge in [0.25, 0.3) is 0 Å². The highest BCUT2D eigenvalue weighted by atomic mass is 32.2. The number of hydrogen-bond donors (Lipinski definition) is 1. The zero-order valence-electron chi connectivity index (χ0n) is 5.35. The second-order valence-corrected chi connectivity index (χ2v) is 3.00. The van der Waals surface area contributed by atoms with Gasteiger partial charge in [0.05, 0.1) is 0 Å². The lowest BCUT2D eigenvalue weighted by Crippen LogP contribution is -1.91. The number of carbonyl (C=O) groups excluding carboxylic acids is 1. The van der Waals surface area contributed by atoms with Gasteiger partial charge in [-0.05, 0) is 24.3 Å². The number of hydrogen-bond acceptors (Lipinski definition) is 3. The molecule has 0 amide bonds. The third kappa shape index (κ3) is 7.73. The highest BCUT2D eigenvalue weighted by molar-refractivity contribution is 7.99. The van der Waals surface area contributed by atoms with E-state index in [1.165, 1.54) is 30.8 Å². The predicted octanol–water partition coefficient (Wildman–Crippen LogP) is 1.80. The van der Waals surface area contributed by atoms with Crippen molar-refractivity contribution in [3.05, 3.63) is 0 Å². The number of thioether (sulfide) groups is 1. The quantitative estimate of drug-likeness (QED) is 0.417. The van der Waals surface area contributed by atoms with Crippen molar-refractivity contribution in [2.45, 2.75) is 19.3 Å². The minimum atomic E-state index is 0.750. The first-order valence-electron chi connectivity index (χ1n) is 3.03. The van der Waals surface area contributed by atoms with Gasteiger partial charge in [0, 0.05) is 0 Å². The van der Waals surface area contributed by atoms with E-state index < -0.39 is 0 Å². The largest absolute Gasteiger partial charge is 0.231 e. The maximum absolute atomic E-state index is 8.35. The smallest absolute Gasteiger partial charge is 0.222 e. The van der Waals surface area contributed by atoms with E-state index in [0.29, 0.717) is 0 Å². The third-order valence-electron chi connectivity index (χ3n) is 1.08. The Kier molecular flexibility index (Phi) is 7.50. The van der Waals surface area contributed by atoms with Crippen molar-refractivity contribution in [1.82, 2.24) is 0 Å². The van der Waals surface area contributed by atoms with Gasteiger partial charge in [0.1, 0.15) is 0 Å². The standard InChI is InChI=1S/C5H10S.CHNO/c1-2-4-6-5-3-1;2-1-3/h1-5H2;2H. The maximum Gasteiger partial charge on any atom is 0.231 e. The van der Waals surface area contributed by atoms with Gasteiger partial charge < -0.3 is 0 Å². The molecule has 0 bridgehead atoms. The summed E-state index contributed by atoms with van der Waals surface area (Å²) < 4.78 is 0. The van der Waals surface area contributed by atoms with Crippen molar-refractivity contribution in [1.29, 1.82) is 5.41 Å². The van der Waals surface area contributed by atoms with Gasteiger partial charge in [-0.1, -0.05) is 6.42 Å². The summed E-state index contributed by atoms with van der Waals surface area (Å²) in [7, 11) is 0. The maximum atomic E-state index is 8.35. The molecule has 0 radical (unpaired) electrons. The van der Waals surface area contributed by atoms with Crippen LogP contribution >= 0.6 is 11.8 Å². The molecular formula is C6H11NOS. The normalized spacial score (nSPS) is 16.9. The Balaban J connectivity index is 0.000000187. The Morgan fingerprint density at radius 2 is 1.67 bits per heavy atom. The molecule has 0 saturated carbocycles. The SMILES string of the molecule is C1CCSCC1.N=C=O. The van der Waals surface area contributed by atoms with Gasteiger partial charge in [-0.15, -0.1) is 0 Å². The van der Waals surface area contributed by atoms with Gasteiger partial charge >= 0.3 is 0 Å². The first-order chi connectivity index (χ1) is 4.41. The molecule has 2 nitrogen and oxygen atoms in total. The zero-order chi connectivity index (χ0) is 6.95. The first-order valence-corrected chi connectivity index (χ1v) is 4.19. The molecule has 0 spiro atoms. The second kappa shape index (κ2) is 7.73. The molecule has 1 fully saturated rings. The van der Waals surface area contributed by atoms with Crippen LogP contribution in [0.15, 0.2) is 0 Å². The van der Waals surface area contributed by atoms with Crippen molar-refractivity contribution in [3.63, 3.8) is 0 Å². The summed E-state index contributed by atoms with van der Waals surface area (Å²) in [5, 5.41) is 5.40. The average Bonchev–Trinajstić information content (AvgIpc) is 1.93. The Labute approximate surface area is 59.5 Å². The monoisotopic (exact) mass is 145 g/mol.